The van der Waals surface area contributed by atoms with Crippen molar-refractivity contribution < 1.29 is 28.1 Å². The van der Waals surface area contributed by atoms with Crippen molar-refractivity contribution in [3.63, 3.8) is 0 Å². The molecule has 1 saturated heterocycles. The number of halogens is 1. The van der Waals surface area contributed by atoms with Gasteiger partial charge in [0.05, 0.1) is 25.4 Å². The van der Waals surface area contributed by atoms with E-state index in [-0.39, 0.29) is 5.56 Å². The third kappa shape index (κ3) is 11.6. The lowest BCUT2D eigenvalue weighted by Crippen LogP contribution is -2.27. The van der Waals surface area contributed by atoms with Crippen LogP contribution in [0.15, 0.2) is 42.5 Å². The second-order valence-corrected chi connectivity index (χ2v) is 11.0. The van der Waals surface area contributed by atoms with Crippen molar-refractivity contribution in [3.05, 3.63) is 59.4 Å². The molecular weight excluding hydrogens is 507 g/mol. The van der Waals surface area contributed by atoms with E-state index in [0.29, 0.717) is 37.1 Å². The minimum Gasteiger partial charge on any atom is -0.494 e. The third-order valence-electron chi connectivity index (χ3n) is 7.47. The summed E-state index contributed by atoms with van der Waals surface area (Å²) in [5, 5.41) is 0. The Hall–Kier alpha value is -2.44. The van der Waals surface area contributed by atoms with Crippen LogP contribution in [0.1, 0.15) is 126 Å². The van der Waals surface area contributed by atoms with E-state index >= 15 is 0 Å². The van der Waals surface area contributed by atoms with Gasteiger partial charge in [-0.15, -0.1) is 0 Å². The SMILES string of the molecule is CCCCCCCCCC1COC(c2ccc(C(=O)Oc3ccc(OCCCCCCCC)cc3)cc2F)OC1. The Kier molecular flexibility index (Phi) is 15.1. The first-order valence-corrected chi connectivity index (χ1v) is 15.6. The highest BCUT2D eigenvalue weighted by Crippen LogP contribution is 2.30. The first-order valence-electron chi connectivity index (χ1n) is 15.6. The van der Waals surface area contributed by atoms with Gasteiger partial charge in [0, 0.05) is 11.5 Å². The van der Waals surface area contributed by atoms with Crippen LogP contribution in [0.5, 0.6) is 11.5 Å². The number of carbonyl (C=O) groups excluding carboxylic acids is 1. The second-order valence-electron chi connectivity index (χ2n) is 11.0. The highest BCUT2D eigenvalue weighted by molar-refractivity contribution is 5.91. The van der Waals surface area contributed by atoms with Crippen LogP contribution in [-0.2, 0) is 9.47 Å². The molecule has 1 aliphatic rings. The summed E-state index contributed by atoms with van der Waals surface area (Å²) in [7, 11) is 0. The molecule has 222 valence electrons. The van der Waals surface area contributed by atoms with Crippen LogP contribution < -0.4 is 9.47 Å². The Bertz CT molecular complexity index is 969. The van der Waals surface area contributed by atoms with Gasteiger partial charge in [-0.25, -0.2) is 9.18 Å². The van der Waals surface area contributed by atoms with E-state index in [1.54, 1.807) is 36.4 Å². The summed E-state index contributed by atoms with van der Waals surface area (Å²) < 4.78 is 37.8. The Balaban J connectivity index is 1.37. The van der Waals surface area contributed by atoms with Gasteiger partial charge in [0.1, 0.15) is 17.3 Å². The highest BCUT2D eigenvalue weighted by Gasteiger charge is 2.26. The van der Waals surface area contributed by atoms with Crippen molar-refractivity contribution in [2.75, 3.05) is 19.8 Å². The quantitative estimate of drug-likeness (QED) is 0.0979. The Morgan fingerprint density at radius 1 is 0.775 bits per heavy atom. The molecule has 0 spiro atoms. The number of ether oxygens (including phenoxy) is 4. The maximum absolute atomic E-state index is 14.9. The van der Waals surface area contributed by atoms with Gasteiger partial charge in [0.2, 0.25) is 0 Å². The molecule has 0 saturated carbocycles. The topological polar surface area (TPSA) is 54.0 Å². The zero-order valence-corrected chi connectivity index (χ0v) is 24.6. The van der Waals surface area contributed by atoms with E-state index in [1.807, 2.05) is 0 Å². The van der Waals surface area contributed by atoms with Crippen LogP contribution in [0, 0.1) is 11.7 Å². The fraction of sp³-hybridized carbons (Fsp3) is 0.618. The lowest BCUT2D eigenvalue weighted by molar-refractivity contribution is -0.207. The average Bonchev–Trinajstić information content (AvgIpc) is 2.97. The smallest absolute Gasteiger partial charge is 0.343 e. The molecule has 1 aliphatic heterocycles. The highest BCUT2D eigenvalue weighted by atomic mass is 19.1. The molecule has 2 aromatic rings. The van der Waals surface area contributed by atoms with E-state index in [9.17, 15) is 9.18 Å². The summed E-state index contributed by atoms with van der Waals surface area (Å²) in [6.07, 6.45) is 16.5. The zero-order chi connectivity index (χ0) is 28.4. The molecular formula is C34H49FO5. The number of esters is 1. The van der Waals surface area contributed by atoms with Crippen LogP contribution in [0.25, 0.3) is 0 Å². The summed E-state index contributed by atoms with van der Waals surface area (Å²) in [5.74, 6) is 0.305. The molecule has 1 heterocycles. The first-order chi connectivity index (χ1) is 19.6. The Morgan fingerprint density at radius 2 is 1.35 bits per heavy atom. The molecule has 6 heteroatoms. The summed E-state index contributed by atoms with van der Waals surface area (Å²) >= 11 is 0. The summed E-state index contributed by atoms with van der Waals surface area (Å²) in [5.41, 5.74) is 0.440. The van der Waals surface area contributed by atoms with Gasteiger partial charge in [-0.2, -0.15) is 0 Å². The number of benzene rings is 2. The normalized spacial score (nSPS) is 17.1. The lowest BCUT2D eigenvalue weighted by atomic mass is 10.0. The maximum Gasteiger partial charge on any atom is 0.343 e. The van der Waals surface area contributed by atoms with E-state index in [0.717, 1.165) is 18.6 Å². The number of carbonyl (C=O) groups is 1. The standard InChI is InChI=1S/C34H49FO5/c1-3-5-7-9-11-12-14-16-27-25-38-34(39-26-27)31-22-17-28(24-32(31)35)33(36)40-30-20-18-29(19-21-30)37-23-15-13-10-8-6-4-2/h17-22,24,27,34H,3-16,23,25-26H2,1-2H3. The minimum atomic E-state index is -0.751. The summed E-state index contributed by atoms with van der Waals surface area (Å²) in [4.78, 5) is 12.6. The molecule has 0 unspecified atom stereocenters. The molecule has 0 bridgehead atoms. The summed E-state index contributed by atoms with van der Waals surface area (Å²) in [6.45, 7) is 6.24. The molecule has 2 aromatic carbocycles. The van der Waals surface area contributed by atoms with Crippen molar-refractivity contribution in [1.82, 2.24) is 0 Å². The van der Waals surface area contributed by atoms with Gasteiger partial charge in [0.15, 0.2) is 6.29 Å². The van der Waals surface area contributed by atoms with Gasteiger partial charge in [-0.3, -0.25) is 0 Å². The van der Waals surface area contributed by atoms with Gasteiger partial charge in [-0.05, 0) is 49.2 Å². The second kappa shape index (κ2) is 18.8. The molecule has 40 heavy (non-hydrogen) atoms. The van der Waals surface area contributed by atoms with Crippen molar-refractivity contribution in [3.8, 4) is 11.5 Å². The maximum atomic E-state index is 14.9. The van der Waals surface area contributed by atoms with Crippen molar-refractivity contribution >= 4 is 5.97 Å². The van der Waals surface area contributed by atoms with Crippen molar-refractivity contribution in [2.45, 2.75) is 110 Å². The summed E-state index contributed by atoms with van der Waals surface area (Å²) in [6, 6.07) is 11.2. The van der Waals surface area contributed by atoms with Gasteiger partial charge >= 0.3 is 5.97 Å². The van der Waals surface area contributed by atoms with Crippen LogP contribution in [0.3, 0.4) is 0 Å². The monoisotopic (exact) mass is 556 g/mol. The third-order valence-corrected chi connectivity index (χ3v) is 7.47. The fourth-order valence-corrected chi connectivity index (χ4v) is 4.97. The van der Waals surface area contributed by atoms with Gasteiger partial charge in [0.25, 0.3) is 0 Å². The molecule has 0 aliphatic carbocycles. The first kappa shape index (κ1) is 32.1. The fourth-order valence-electron chi connectivity index (χ4n) is 4.97. The van der Waals surface area contributed by atoms with Crippen LogP contribution >= 0.6 is 0 Å². The number of hydrogen-bond acceptors (Lipinski definition) is 5. The molecule has 3 rings (SSSR count). The van der Waals surface area contributed by atoms with E-state index in [2.05, 4.69) is 13.8 Å². The predicted molar refractivity (Wildman–Crippen MR) is 157 cm³/mol. The molecule has 0 amide bonds. The molecule has 1 fully saturated rings. The lowest BCUT2D eigenvalue weighted by Gasteiger charge is -2.30. The predicted octanol–water partition coefficient (Wildman–Crippen LogP) is 9.59. The van der Waals surface area contributed by atoms with E-state index in [1.165, 1.54) is 83.1 Å². The molecule has 0 radical (unpaired) electrons. The van der Waals surface area contributed by atoms with Crippen molar-refractivity contribution in [2.24, 2.45) is 5.92 Å². The number of unbranched alkanes of at least 4 members (excludes halogenated alkanes) is 11. The Morgan fingerprint density at radius 3 is 1.98 bits per heavy atom. The van der Waals surface area contributed by atoms with Crippen LogP contribution in [0.4, 0.5) is 4.39 Å². The molecule has 0 aromatic heterocycles. The number of rotatable bonds is 19. The minimum absolute atomic E-state index is 0.136. The molecule has 0 atom stereocenters. The van der Waals surface area contributed by atoms with Gasteiger partial charge in [-0.1, -0.05) is 97.0 Å². The van der Waals surface area contributed by atoms with E-state index in [4.69, 9.17) is 18.9 Å². The molecule has 5 nitrogen and oxygen atoms in total. The largest absolute Gasteiger partial charge is 0.494 e. The van der Waals surface area contributed by atoms with E-state index < -0.39 is 18.1 Å². The Labute approximate surface area is 240 Å². The molecule has 0 N–H and O–H groups in total. The van der Waals surface area contributed by atoms with Crippen LogP contribution in [-0.4, -0.2) is 25.8 Å². The van der Waals surface area contributed by atoms with Gasteiger partial charge < -0.3 is 18.9 Å². The van der Waals surface area contributed by atoms with Crippen molar-refractivity contribution in [1.29, 1.82) is 0 Å². The zero-order valence-electron chi connectivity index (χ0n) is 24.6. The average molecular weight is 557 g/mol. The number of hydrogen-bond donors (Lipinski definition) is 0. The van der Waals surface area contributed by atoms with Crippen LogP contribution in [0.2, 0.25) is 0 Å².